The van der Waals surface area contributed by atoms with Crippen LogP contribution in [0.5, 0.6) is 17.2 Å². The van der Waals surface area contributed by atoms with E-state index >= 15 is 0 Å². The van der Waals surface area contributed by atoms with Crippen LogP contribution < -0.4 is 14.2 Å². The van der Waals surface area contributed by atoms with Crippen molar-refractivity contribution in [2.45, 2.75) is 64.2 Å². The van der Waals surface area contributed by atoms with E-state index in [0.717, 1.165) is 81.1 Å². The van der Waals surface area contributed by atoms with Crippen LogP contribution in [0.15, 0.2) is 98.1 Å². The fourth-order valence-electron chi connectivity index (χ4n) is 4.62. The molecule has 250 valence electrons. The Hall–Kier alpha value is -4.85. The fraction of sp³-hybridized carbons (Fsp3) is 0.359. The van der Waals surface area contributed by atoms with Crippen LogP contribution >= 0.6 is 0 Å². The number of hydrogen-bond acceptors (Lipinski definition) is 8. The van der Waals surface area contributed by atoms with Gasteiger partial charge in [-0.2, -0.15) is 0 Å². The van der Waals surface area contributed by atoms with E-state index in [1.54, 1.807) is 36.4 Å². The van der Waals surface area contributed by atoms with Crippen molar-refractivity contribution < 1.29 is 38.1 Å². The van der Waals surface area contributed by atoms with E-state index in [1.807, 2.05) is 36.4 Å². The van der Waals surface area contributed by atoms with E-state index in [1.165, 1.54) is 12.2 Å². The summed E-state index contributed by atoms with van der Waals surface area (Å²) in [6.45, 7) is 8.85. The first-order valence-electron chi connectivity index (χ1n) is 16.3. The second-order valence-corrected chi connectivity index (χ2v) is 10.9. The third-order valence-corrected chi connectivity index (χ3v) is 7.28. The average molecular weight is 643 g/mol. The molecule has 0 aliphatic heterocycles. The summed E-state index contributed by atoms with van der Waals surface area (Å²) < 4.78 is 27.2. The number of benzene rings is 3. The lowest BCUT2D eigenvalue weighted by molar-refractivity contribution is -0.138. The third-order valence-electron chi connectivity index (χ3n) is 7.28. The Morgan fingerprint density at radius 3 is 1.26 bits per heavy atom. The molecule has 47 heavy (non-hydrogen) atoms. The summed E-state index contributed by atoms with van der Waals surface area (Å²) in [6, 6.07) is 22.3. The Labute approximate surface area is 278 Å². The van der Waals surface area contributed by atoms with Gasteiger partial charge in [-0.25, -0.2) is 14.4 Å². The van der Waals surface area contributed by atoms with Crippen molar-refractivity contribution in [1.82, 2.24) is 0 Å². The molecule has 8 heteroatoms. The minimum absolute atomic E-state index is 0.360. The predicted octanol–water partition coefficient (Wildman–Crippen LogP) is 8.69. The minimum Gasteiger partial charge on any atom is -0.494 e. The highest BCUT2D eigenvalue weighted by atomic mass is 16.5. The van der Waals surface area contributed by atoms with Gasteiger partial charge in [0, 0.05) is 12.2 Å². The smallest absolute Gasteiger partial charge is 0.343 e. The van der Waals surface area contributed by atoms with Crippen molar-refractivity contribution >= 4 is 17.9 Å². The van der Waals surface area contributed by atoms with E-state index < -0.39 is 11.9 Å². The zero-order valence-corrected chi connectivity index (χ0v) is 27.2. The highest BCUT2D eigenvalue weighted by Crippen LogP contribution is 2.25. The maximum Gasteiger partial charge on any atom is 0.343 e. The van der Waals surface area contributed by atoms with E-state index in [4.69, 9.17) is 23.7 Å². The van der Waals surface area contributed by atoms with Crippen LogP contribution in [-0.2, 0) is 19.1 Å². The molecular weight excluding hydrogens is 596 g/mol. The number of carbonyl (C=O) groups excluding carboxylic acids is 3. The first-order chi connectivity index (χ1) is 23.0. The summed E-state index contributed by atoms with van der Waals surface area (Å²) in [5.41, 5.74) is 2.49. The summed E-state index contributed by atoms with van der Waals surface area (Å²) in [5.74, 6) is 0.805. The van der Waals surface area contributed by atoms with Crippen molar-refractivity contribution in [3.63, 3.8) is 0 Å². The Kier molecular flexibility index (Phi) is 17.0. The molecule has 0 heterocycles. The maximum atomic E-state index is 12.7. The molecule has 3 aromatic carbocycles. The molecule has 0 aromatic heterocycles. The second-order valence-electron chi connectivity index (χ2n) is 10.9. The summed E-state index contributed by atoms with van der Waals surface area (Å²) in [6.07, 6.45) is 12.2. The molecule has 0 saturated carbocycles. The quantitative estimate of drug-likeness (QED) is 0.0439. The summed E-state index contributed by atoms with van der Waals surface area (Å²) in [7, 11) is 0. The van der Waals surface area contributed by atoms with Crippen LogP contribution in [0.1, 0.15) is 74.6 Å². The Morgan fingerprint density at radius 2 is 0.830 bits per heavy atom. The van der Waals surface area contributed by atoms with E-state index in [-0.39, 0.29) is 5.97 Å². The summed E-state index contributed by atoms with van der Waals surface area (Å²) in [5, 5.41) is 0. The highest BCUT2D eigenvalue weighted by Gasteiger charge is 2.10. The zero-order chi connectivity index (χ0) is 33.5. The molecule has 0 N–H and O–H groups in total. The molecular formula is C39H46O8. The van der Waals surface area contributed by atoms with Gasteiger partial charge in [0.05, 0.1) is 32.0 Å². The van der Waals surface area contributed by atoms with Gasteiger partial charge in [-0.3, -0.25) is 0 Å². The molecule has 0 amide bonds. The Morgan fingerprint density at radius 1 is 0.468 bits per heavy atom. The number of ether oxygens (including phenoxy) is 5. The van der Waals surface area contributed by atoms with Crippen molar-refractivity contribution in [1.29, 1.82) is 0 Å². The van der Waals surface area contributed by atoms with Gasteiger partial charge in [0.15, 0.2) is 0 Å². The van der Waals surface area contributed by atoms with Gasteiger partial charge in [-0.05, 0) is 98.2 Å². The monoisotopic (exact) mass is 642 g/mol. The van der Waals surface area contributed by atoms with E-state index in [9.17, 15) is 14.4 Å². The minimum atomic E-state index is -0.436. The topological polar surface area (TPSA) is 97.4 Å². The number of unbranched alkanes of at least 4 members (excludes halogenated alkanes) is 8. The van der Waals surface area contributed by atoms with Crippen LogP contribution in [0.25, 0.3) is 11.1 Å². The normalized spacial score (nSPS) is 10.5. The first-order valence-corrected chi connectivity index (χ1v) is 16.3. The van der Waals surface area contributed by atoms with Gasteiger partial charge in [-0.15, -0.1) is 0 Å². The molecule has 8 nitrogen and oxygen atoms in total. The molecule has 0 fully saturated rings. The van der Waals surface area contributed by atoms with Crippen molar-refractivity contribution in [2.24, 2.45) is 0 Å². The second kappa shape index (κ2) is 21.8. The van der Waals surface area contributed by atoms with Crippen molar-refractivity contribution in [3.05, 3.63) is 104 Å². The van der Waals surface area contributed by atoms with Crippen LogP contribution in [0, 0.1) is 0 Å². The molecule has 3 aromatic rings. The number of carbonyl (C=O) groups is 3. The molecule has 0 atom stereocenters. The SMILES string of the molecule is C=CC(=O)OCCCCCCCCOc1ccc(-c2ccc(OC(=O)c3ccc(OCCCCCCOC(=O)C=C)cc3)cc2)cc1. The molecule has 0 aliphatic carbocycles. The van der Waals surface area contributed by atoms with Gasteiger partial charge in [0.2, 0.25) is 0 Å². The van der Waals surface area contributed by atoms with Crippen molar-refractivity contribution in [3.8, 4) is 28.4 Å². The first kappa shape index (κ1) is 36.6. The number of esters is 3. The van der Waals surface area contributed by atoms with Gasteiger partial charge >= 0.3 is 17.9 Å². The number of rotatable bonds is 23. The molecule has 0 bridgehead atoms. The summed E-state index contributed by atoms with van der Waals surface area (Å²) in [4.78, 5) is 34.7. The fourth-order valence-corrected chi connectivity index (χ4v) is 4.62. The van der Waals surface area contributed by atoms with Crippen LogP contribution in [0.3, 0.4) is 0 Å². The van der Waals surface area contributed by atoms with Gasteiger partial charge < -0.3 is 23.7 Å². The van der Waals surface area contributed by atoms with E-state index in [0.29, 0.717) is 43.5 Å². The Bertz CT molecular complexity index is 1380. The van der Waals surface area contributed by atoms with Gasteiger partial charge in [0.1, 0.15) is 17.2 Å². The zero-order valence-electron chi connectivity index (χ0n) is 27.2. The Balaban J connectivity index is 1.29. The lowest BCUT2D eigenvalue weighted by Crippen LogP contribution is -2.08. The van der Waals surface area contributed by atoms with Crippen molar-refractivity contribution in [2.75, 3.05) is 26.4 Å². The molecule has 0 unspecified atom stereocenters. The molecule has 0 saturated heterocycles. The van der Waals surface area contributed by atoms with Gasteiger partial charge in [0.25, 0.3) is 0 Å². The van der Waals surface area contributed by atoms with Crippen LogP contribution in [0.4, 0.5) is 0 Å². The van der Waals surface area contributed by atoms with E-state index in [2.05, 4.69) is 13.2 Å². The highest BCUT2D eigenvalue weighted by molar-refractivity contribution is 5.91. The third kappa shape index (κ3) is 14.9. The van der Waals surface area contributed by atoms with Crippen LogP contribution in [-0.4, -0.2) is 44.3 Å². The lowest BCUT2D eigenvalue weighted by atomic mass is 10.1. The van der Waals surface area contributed by atoms with Gasteiger partial charge in [-0.1, -0.05) is 63.1 Å². The molecule has 0 radical (unpaired) electrons. The number of hydrogen-bond donors (Lipinski definition) is 0. The standard InChI is InChI=1S/C39H46O8/c1-3-37(40)45-29-13-8-6-5-7-11-27-43-34-21-15-31(16-22-34)32-17-25-36(26-18-32)47-39(42)33-19-23-35(24-20-33)44-28-12-9-10-14-30-46-38(41)4-2/h3-4,15-26H,1-2,5-14,27-30H2. The largest absolute Gasteiger partial charge is 0.494 e. The maximum absolute atomic E-state index is 12.7. The van der Waals surface area contributed by atoms with Crippen LogP contribution in [0.2, 0.25) is 0 Å². The molecule has 3 rings (SSSR count). The molecule has 0 aliphatic rings. The average Bonchev–Trinajstić information content (AvgIpc) is 3.10. The lowest BCUT2D eigenvalue weighted by Gasteiger charge is -2.09. The summed E-state index contributed by atoms with van der Waals surface area (Å²) >= 11 is 0. The molecule has 0 spiro atoms. The predicted molar refractivity (Wildman–Crippen MR) is 183 cm³/mol.